The van der Waals surface area contributed by atoms with E-state index in [2.05, 4.69) is 6.92 Å². The first kappa shape index (κ1) is 20.4. The van der Waals surface area contributed by atoms with Crippen molar-refractivity contribution < 1.29 is 14.6 Å². The normalized spacial score (nSPS) is 19.4. The number of hydrogen-bond acceptors (Lipinski definition) is 4. The number of halogens is 1. The zero-order valence-corrected chi connectivity index (χ0v) is 14.0. The van der Waals surface area contributed by atoms with Crippen molar-refractivity contribution in [2.75, 3.05) is 6.61 Å². The van der Waals surface area contributed by atoms with Crippen LogP contribution in [0.25, 0.3) is 0 Å². The predicted molar refractivity (Wildman–Crippen MR) is 87.4 cm³/mol. The van der Waals surface area contributed by atoms with E-state index in [4.69, 9.17) is 10.5 Å². The first-order chi connectivity index (χ1) is 9.54. The molecule has 1 saturated carbocycles. The summed E-state index contributed by atoms with van der Waals surface area (Å²) in [6.07, 6.45) is 9.70. The summed E-state index contributed by atoms with van der Waals surface area (Å²) in [5, 5.41) is 10.3. The lowest BCUT2D eigenvalue weighted by Gasteiger charge is -2.45. The number of aliphatic hydroxyl groups excluding tert-OH is 1. The standard InChI is InChI=1S/C16H29NO3.ClH/c1-3-16(11-6-12-16)14(18)8-5-7-13(17)9-10-15(19)20-4-2;/h5,7,13-14,18H,3-4,6,8-12,17H2,1-2H3;1H/t13-,14-;/m0./s1. The number of rotatable bonds is 9. The molecule has 4 nitrogen and oxygen atoms in total. The molecule has 5 heteroatoms. The van der Waals surface area contributed by atoms with Gasteiger partial charge in [-0.1, -0.05) is 25.5 Å². The van der Waals surface area contributed by atoms with Crippen molar-refractivity contribution in [3.63, 3.8) is 0 Å². The minimum absolute atomic E-state index is 0. The average Bonchev–Trinajstić information content (AvgIpc) is 2.36. The van der Waals surface area contributed by atoms with Crippen molar-refractivity contribution in [2.45, 2.75) is 70.9 Å². The van der Waals surface area contributed by atoms with E-state index in [0.717, 1.165) is 19.3 Å². The monoisotopic (exact) mass is 319 g/mol. The first-order valence-corrected chi connectivity index (χ1v) is 7.80. The van der Waals surface area contributed by atoms with Crippen LogP contribution < -0.4 is 5.73 Å². The van der Waals surface area contributed by atoms with E-state index in [0.29, 0.717) is 25.9 Å². The quantitative estimate of drug-likeness (QED) is 0.506. The SMILES string of the molecule is CCOC(=O)CC[C@@H](N)C=CC[C@H](O)C1(CC)CCC1.Cl. The Morgan fingerprint density at radius 3 is 2.57 bits per heavy atom. The molecular formula is C16H30ClNO3. The van der Waals surface area contributed by atoms with E-state index in [9.17, 15) is 9.90 Å². The molecule has 0 amide bonds. The lowest BCUT2D eigenvalue weighted by Crippen LogP contribution is -2.40. The molecule has 2 atom stereocenters. The fourth-order valence-corrected chi connectivity index (χ4v) is 2.80. The molecule has 0 aliphatic heterocycles. The Hall–Kier alpha value is -0.580. The highest BCUT2D eigenvalue weighted by atomic mass is 35.5. The van der Waals surface area contributed by atoms with Crippen molar-refractivity contribution in [3.05, 3.63) is 12.2 Å². The van der Waals surface area contributed by atoms with Gasteiger partial charge in [0.1, 0.15) is 0 Å². The predicted octanol–water partition coefficient (Wildman–Crippen LogP) is 2.97. The van der Waals surface area contributed by atoms with Crippen LogP contribution in [0, 0.1) is 5.41 Å². The molecule has 0 saturated heterocycles. The van der Waals surface area contributed by atoms with Crippen molar-refractivity contribution in [3.8, 4) is 0 Å². The number of esters is 1. The van der Waals surface area contributed by atoms with Gasteiger partial charge < -0.3 is 15.6 Å². The minimum Gasteiger partial charge on any atom is -0.466 e. The maximum Gasteiger partial charge on any atom is 0.305 e. The molecule has 0 aromatic rings. The summed E-state index contributed by atoms with van der Waals surface area (Å²) in [5.74, 6) is -0.198. The third-order valence-electron chi connectivity index (χ3n) is 4.49. The van der Waals surface area contributed by atoms with Gasteiger partial charge in [0, 0.05) is 12.5 Å². The van der Waals surface area contributed by atoms with E-state index in [1.807, 2.05) is 12.2 Å². The Morgan fingerprint density at radius 2 is 2.10 bits per heavy atom. The fourth-order valence-electron chi connectivity index (χ4n) is 2.80. The highest BCUT2D eigenvalue weighted by Crippen LogP contribution is 2.47. The first-order valence-electron chi connectivity index (χ1n) is 7.80. The number of ether oxygens (including phenoxy) is 1. The average molecular weight is 320 g/mol. The van der Waals surface area contributed by atoms with Crippen LogP contribution in [0.4, 0.5) is 0 Å². The van der Waals surface area contributed by atoms with Crippen molar-refractivity contribution in [2.24, 2.45) is 11.1 Å². The third-order valence-corrected chi connectivity index (χ3v) is 4.49. The highest BCUT2D eigenvalue weighted by molar-refractivity contribution is 5.85. The van der Waals surface area contributed by atoms with Crippen molar-refractivity contribution in [1.29, 1.82) is 0 Å². The van der Waals surface area contributed by atoms with Gasteiger partial charge in [-0.2, -0.15) is 0 Å². The number of aliphatic hydroxyl groups is 1. The molecular weight excluding hydrogens is 290 g/mol. The van der Waals surface area contributed by atoms with Gasteiger partial charge >= 0.3 is 5.97 Å². The second-order valence-electron chi connectivity index (χ2n) is 5.76. The highest BCUT2D eigenvalue weighted by Gasteiger charge is 2.40. The lowest BCUT2D eigenvalue weighted by atomic mass is 9.63. The summed E-state index contributed by atoms with van der Waals surface area (Å²) in [7, 11) is 0. The summed E-state index contributed by atoms with van der Waals surface area (Å²) < 4.78 is 4.86. The Labute approximate surface area is 134 Å². The van der Waals surface area contributed by atoms with Gasteiger partial charge in [-0.25, -0.2) is 0 Å². The fraction of sp³-hybridized carbons (Fsp3) is 0.812. The number of carbonyl (C=O) groups excluding carboxylic acids is 1. The Balaban J connectivity index is 0.00000400. The number of carbonyl (C=O) groups is 1. The molecule has 0 unspecified atom stereocenters. The largest absolute Gasteiger partial charge is 0.466 e. The maximum atomic E-state index is 11.2. The summed E-state index contributed by atoms with van der Waals surface area (Å²) in [6.45, 7) is 4.36. The molecule has 0 radical (unpaired) electrons. The summed E-state index contributed by atoms with van der Waals surface area (Å²) in [4.78, 5) is 11.2. The molecule has 0 spiro atoms. The molecule has 0 bridgehead atoms. The van der Waals surface area contributed by atoms with Gasteiger partial charge in [-0.05, 0) is 44.4 Å². The van der Waals surface area contributed by atoms with Gasteiger partial charge in [-0.3, -0.25) is 4.79 Å². The summed E-state index contributed by atoms with van der Waals surface area (Å²) in [5.41, 5.74) is 6.05. The summed E-state index contributed by atoms with van der Waals surface area (Å²) >= 11 is 0. The van der Waals surface area contributed by atoms with Crippen LogP contribution in [0.15, 0.2) is 12.2 Å². The zero-order chi connectivity index (χ0) is 15.0. The van der Waals surface area contributed by atoms with Gasteiger partial charge in [0.15, 0.2) is 0 Å². The minimum atomic E-state index is -0.269. The maximum absolute atomic E-state index is 11.2. The van der Waals surface area contributed by atoms with Gasteiger partial charge in [-0.15, -0.1) is 12.4 Å². The molecule has 0 aromatic carbocycles. The van der Waals surface area contributed by atoms with Gasteiger partial charge in [0.25, 0.3) is 0 Å². The summed E-state index contributed by atoms with van der Waals surface area (Å²) in [6, 6.07) is -0.148. The van der Waals surface area contributed by atoms with Crippen LogP contribution in [-0.2, 0) is 9.53 Å². The second kappa shape index (κ2) is 10.2. The molecule has 0 heterocycles. The van der Waals surface area contributed by atoms with Crippen LogP contribution in [-0.4, -0.2) is 29.8 Å². The van der Waals surface area contributed by atoms with E-state index >= 15 is 0 Å². The van der Waals surface area contributed by atoms with Gasteiger partial charge in [0.05, 0.1) is 12.7 Å². The molecule has 0 aromatic heterocycles. The third kappa shape index (κ3) is 6.37. The van der Waals surface area contributed by atoms with Gasteiger partial charge in [0.2, 0.25) is 0 Å². The molecule has 3 N–H and O–H groups in total. The smallest absolute Gasteiger partial charge is 0.305 e. The van der Waals surface area contributed by atoms with Crippen LogP contribution in [0.2, 0.25) is 0 Å². The van der Waals surface area contributed by atoms with E-state index in [1.54, 1.807) is 6.92 Å². The van der Waals surface area contributed by atoms with Crippen LogP contribution in [0.3, 0.4) is 0 Å². The van der Waals surface area contributed by atoms with E-state index < -0.39 is 0 Å². The molecule has 124 valence electrons. The van der Waals surface area contributed by atoms with Crippen LogP contribution >= 0.6 is 12.4 Å². The Bertz CT molecular complexity index is 324. The Kier molecular flexibility index (Phi) is 9.92. The molecule has 1 rings (SSSR count). The molecule has 1 aliphatic carbocycles. The molecule has 1 aliphatic rings. The molecule has 1 fully saturated rings. The molecule has 21 heavy (non-hydrogen) atoms. The van der Waals surface area contributed by atoms with Crippen molar-refractivity contribution in [1.82, 2.24) is 0 Å². The lowest BCUT2D eigenvalue weighted by molar-refractivity contribution is -0.143. The van der Waals surface area contributed by atoms with Crippen LogP contribution in [0.5, 0.6) is 0 Å². The van der Waals surface area contributed by atoms with E-state index in [1.165, 1.54) is 6.42 Å². The Morgan fingerprint density at radius 1 is 1.43 bits per heavy atom. The topological polar surface area (TPSA) is 72.5 Å². The second-order valence-corrected chi connectivity index (χ2v) is 5.76. The van der Waals surface area contributed by atoms with Crippen molar-refractivity contribution >= 4 is 18.4 Å². The van der Waals surface area contributed by atoms with Crippen LogP contribution in [0.1, 0.15) is 58.8 Å². The zero-order valence-electron chi connectivity index (χ0n) is 13.2. The number of hydrogen-bond donors (Lipinski definition) is 2. The number of nitrogens with two attached hydrogens (primary N) is 1. The van der Waals surface area contributed by atoms with E-state index in [-0.39, 0.29) is 35.9 Å².